The molecule has 1 aromatic carbocycles. The standard InChI is InChI=1S/C24H33N5O2/c1-20-17-22(29-8-2-7-25-29)4-3-21(20)18-27-9-5-24(19-27)6-10-28(23(24)30)12-11-26-13-15-31-16-14-26/h2-4,7-8,17H,5-6,9-16,18-19H2,1H3. The van der Waals surface area contributed by atoms with Crippen molar-refractivity contribution < 1.29 is 9.53 Å². The van der Waals surface area contributed by atoms with E-state index >= 15 is 0 Å². The van der Waals surface area contributed by atoms with Crippen LogP contribution in [0.4, 0.5) is 0 Å². The van der Waals surface area contributed by atoms with E-state index in [1.54, 1.807) is 6.20 Å². The second kappa shape index (κ2) is 8.73. The number of carbonyl (C=O) groups is 1. The molecule has 3 fully saturated rings. The summed E-state index contributed by atoms with van der Waals surface area (Å²) >= 11 is 0. The quantitative estimate of drug-likeness (QED) is 0.711. The van der Waals surface area contributed by atoms with Crippen LogP contribution in [0.1, 0.15) is 24.0 Å². The number of carbonyl (C=O) groups excluding carboxylic acids is 1. The lowest BCUT2D eigenvalue weighted by atomic mass is 9.85. The highest BCUT2D eigenvalue weighted by Gasteiger charge is 2.50. The number of hydrogen-bond acceptors (Lipinski definition) is 5. The average molecular weight is 424 g/mol. The maximum atomic E-state index is 13.3. The smallest absolute Gasteiger partial charge is 0.230 e. The van der Waals surface area contributed by atoms with Gasteiger partial charge in [0.05, 0.1) is 24.3 Å². The normalized spacial score (nSPS) is 25.2. The van der Waals surface area contributed by atoms with Crippen molar-refractivity contribution in [3.05, 3.63) is 47.8 Å². The molecule has 5 rings (SSSR count). The van der Waals surface area contributed by atoms with Crippen LogP contribution in [0.2, 0.25) is 0 Å². The van der Waals surface area contributed by atoms with Gasteiger partial charge in [0.2, 0.25) is 5.91 Å². The number of benzene rings is 1. The molecule has 1 spiro atoms. The lowest BCUT2D eigenvalue weighted by molar-refractivity contribution is -0.135. The summed E-state index contributed by atoms with van der Waals surface area (Å²) in [5.74, 6) is 0.383. The predicted molar refractivity (Wildman–Crippen MR) is 119 cm³/mol. The highest BCUT2D eigenvalue weighted by molar-refractivity contribution is 5.85. The molecule has 1 amide bonds. The van der Waals surface area contributed by atoms with E-state index in [1.807, 2.05) is 16.9 Å². The van der Waals surface area contributed by atoms with Crippen molar-refractivity contribution in [1.29, 1.82) is 0 Å². The van der Waals surface area contributed by atoms with Gasteiger partial charge in [0.1, 0.15) is 0 Å². The van der Waals surface area contributed by atoms with E-state index in [2.05, 4.69) is 44.9 Å². The number of morpholine rings is 1. The maximum Gasteiger partial charge on any atom is 0.230 e. The largest absolute Gasteiger partial charge is 0.379 e. The van der Waals surface area contributed by atoms with Gasteiger partial charge in [0.15, 0.2) is 0 Å². The van der Waals surface area contributed by atoms with E-state index in [1.165, 1.54) is 11.1 Å². The van der Waals surface area contributed by atoms with Crippen molar-refractivity contribution in [2.45, 2.75) is 26.3 Å². The first kappa shape index (κ1) is 20.7. The molecule has 1 aromatic heterocycles. The first-order chi connectivity index (χ1) is 15.1. The molecule has 4 heterocycles. The van der Waals surface area contributed by atoms with Gasteiger partial charge >= 0.3 is 0 Å². The first-order valence-electron chi connectivity index (χ1n) is 11.5. The summed E-state index contributed by atoms with van der Waals surface area (Å²) in [6.45, 7) is 11.3. The number of aryl methyl sites for hydroxylation is 1. The first-order valence-corrected chi connectivity index (χ1v) is 11.5. The summed E-state index contributed by atoms with van der Waals surface area (Å²) in [5.41, 5.74) is 3.54. The van der Waals surface area contributed by atoms with Crippen LogP contribution < -0.4 is 0 Å². The summed E-state index contributed by atoms with van der Waals surface area (Å²) in [6, 6.07) is 8.48. The number of aromatic nitrogens is 2. The highest BCUT2D eigenvalue weighted by Crippen LogP contribution is 2.41. The van der Waals surface area contributed by atoms with Gasteiger partial charge in [-0.2, -0.15) is 5.10 Å². The Kier molecular flexibility index (Phi) is 5.82. The fraction of sp³-hybridized carbons (Fsp3) is 0.583. The zero-order chi connectivity index (χ0) is 21.3. The summed E-state index contributed by atoms with van der Waals surface area (Å²) < 4.78 is 7.32. The third-order valence-corrected chi connectivity index (χ3v) is 7.31. The number of nitrogens with zero attached hydrogens (tertiary/aromatic N) is 5. The zero-order valence-corrected chi connectivity index (χ0v) is 18.5. The predicted octanol–water partition coefficient (Wildman–Crippen LogP) is 1.94. The van der Waals surface area contributed by atoms with E-state index in [0.717, 1.165) is 84.1 Å². The van der Waals surface area contributed by atoms with Crippen LogP contribution in [0.5, 0.6) is 0 Å². The highest BCUT2D eigenvalue weighted by atomic mass is 16.5. The van der Waals surface area contributed by atoms with Gasteiger partial charge in [-0.25, -0.2) is 4.68 Å². The van der Waals surface area contributed by atoms with Crippen LogP contribution in [-0.2, 0) is 16.1 Å². The van der Waals surface area contributed by atoms with E-state index in [-0.39, 0.29) is 5.41 Å². The Hall–Kier alpha value is -2.22. The number of likely N-dealkylation sites (tertiary alicyclic amines) is 2. The average Bonchev–Trinajstić information content (AvgIpc) is 3.52. The molecule has 3 aliphatic heterocycles. The number of amides is 1. The molecule has 2 aromatic rings. The van der Waals surface area contributed by atoms with Gasteiger partial charge in [-0.15, -0.1) is 0 Å². The fourth-order valence-electron chi connectivity index (χ4n) is 5.33. The van der Waals surface area contributed by atoms with Crippen LogP contribution in [0, 0.1) is 12.3 Å². The van der Waals surface area contributed by atoms with Gasteiger partial charge in [0.25, 0.3) is 0 Å². The van der Waals surface area contributed by atoms with Crippen LogP contribution in [0.15, 0.2) is 36.7 Å². The van der Waals surface area contributed by atoms with E-state index < -0.39 is 0 Å². The van der Waals surface area contributed by atoms with Crippen LogP contribution in [0.25, 0.3) is 5.69 Å². The Balaban J connectivity index is 1.17. The van der Waals surface area contributed by atoms with Crippen LogP contribution in [-0.4, -0.2) is 89.4 Å². The molecule has 0 radical (unpaired) electrons. The maximum absolute atomic E-state index is 13.3. The van der Waals surface area contributed by atoms with Crippen LogP contribution >= 0.6 is 0 Å². The number of rotatable bonds is 6. The lowest BCUT2D eigenvalue weighted by Crippen LogP contribution is -2.43. The van der Waals surface area contributed by atoms with Crippen molar-refractivity contribution in [2.75, 3.05) is 59.0 Å². The second-order valence-electron chi connectivity index (χ2n) is 9.30. The van der Waals surface area contributed by atoms with E-state index in [4.69, 9.17) is 4.74 Å². The van der Waals surface area contributed by atoms with Crippen molar-refractivity contribution in [3.8, 4) is 5.69 Å². The minimum Gasteiger partial charge on any atom is -0.379 e. The van der Waals surface area contributed by atoms with Crippen molar-refractivity contribution in [2.24, 2.45) is 5.41 Å². The molecule has 0 saturated carbocycles. The molecule has 3 aliphatic rings. The van der Waals surface area contributed by atoms with Gasteiger partial charge in [-0.05, 0) is 55.6 Å². The molecule has 7 nitrogen and oxygen atoms in total. The Morgan fingerprint density at radius 2 is 1.90 bits per heavy atom. The molecular formula is C24H33N5O2. The Labute approximate surface area is 184 Å². The molecule has 166 valence electrons. The second-order valence-corrected chi connectivity index (χ2v) is 9.30. The monoisotopic (exact) mass is 423 g/mol. The Morgan fingerprint density at radius 1 is 1.06 bits per heavy atom. The van der Waals surface area contributed by atoms with Gasteiger partial charge < -0.3 is 9.64 Å². The third-order valence-electron chi connectivity index (χ3n) is 7.31. The topological polar surface area (TPSA) is 53.8 Å². The van der Waals surface area contributed by atoms with Crippen molar-refractivity contribution in [3.63, 3.8) is 0 Å². The molecule has 1 atom stereocenters. The summed E-state index contributed by atoms with van der Waals surface area (Å²) in [6.07, 6.45) is 5.76. The van der Waals surface area contributed by atoms with Crippen LogP contribution in [0.3, 0.4) is 0 Å². The van der Waals surface area contributed by atoms with E-state index in [0.29, 0.717) is 5.91 Å². The third kappa shape index (κ3) is 4.27. The summed E-state index contributed by atoms with van der Waals surface area (Å²) in [4.78, 5) is 20.3. The minimum atomic E-state index is -0.159. The SMILES string of the molecule is Cc1cc(-n2cccn2)ccc1CN1CCC2(CCN(CCN3CCOCC3)C2=O)C1. The summed E-state index contributed by atoms with van der Waals surface area (Å²) in [7, 11) is 0. The number of hydrogen-bond donors (Lipinski definition) is 0. The van der Waals surface area contributed by atoms with Gasteiger partial charge in [-0.3, -0.25) is 14.6 Å². The molecule has 0 aliphatic carbocycles. The summed E-state index contributed by atoms with van der Waals surface area (Å²) in [5, 5.41) is 4.32. The molecule has 0 bridgehead atoms. The molecule has 1 unspecified atom stereocenters. The lowest BCUT2D eigenvalue weighted by Gasteiger charge is -2.29. The van der Waals surface area contributed by atoms with Gasteiger partial charge in [0, 0.05) is 58.2 Å². The Morgan fingerprint density at radius 3 is 2.68 bits per heavy atom. The Bertz CT molecular complexity index is 909. The molecular weight excluding hydrogens is 390 g/mol. The zero-order valence-electron chi connectivity index (χ0n) is 18.5. The molecule has 31 heavy (non-hydrogen) atoms. The van der Waals surface area contributed by atoms with Crippen molar-refractivity contribution >= 4 is 5.91 Å². The minimum absolute atomic E-state index is 0.159. The van der Waals surface area contributed by atoms with E-state index in [9.17, 15) is 4.79 Å². The fourth-order valence-corrected chi connectivity index (χ4v) is 5.33. The number of ether oxygens (including phenoxy) is 1. The van der Waals surface area contributed by atoms with Gasteiger partial charge in [-0.1, -0.05) is 6.07 Å². The molecule has 0 N–H and O–H groups in total. The van der Waals surface area contributed by atoms with Crippen molar-refractivity contribution in [1.82, 2.24) is 24.5 Å². The molecule has 3 saturated heterocycles. The molecule has 7 heteroatoms.